The highest BCUT2D eigenvalue weighted by Gasteiger charge is 2.16. The van der Waals surface area contributed by atoms with Crippen molar-refractivity contribution in [1.29, 1.82) is 0 Å². The Balaban J connectivity index is 1.76. The van der Waals surface area contributed by atoms with E-state index < -0.39 is 0 Å². The van der Waals surface area contributed by atoms with Crippen molar-refractivity contribution in [3.05, 3.63) is 53.2 Å². The number of rotatable bonds is 8. The minimum Gasteiger partial charge on any atom is -0.495 e. The molecule has 0 radical (unpaired) electrons. The third-order valence-electron chi connectivity index (χ3n) is 3.84. The van der Waals surface area contributed by atoms with E-state index in [1.807, 2.05) is 24.3 Å². The molecule has 27 heavy (non-hydrogen) atoms. The Morgan fingerprint density at radius 2 is 2.04 bits per heavy atom. The van der Waals surface area contributed by atoms with Gasteiger partial charge in [-0.2, -0.15) is 0 Å². The van der Waals surface area contributed by atoms with E-state index in [-0.39, 0.29) is 5.91 Å². The van der Waals surface area contributed by atoms with Gasteiger partial charge in [0.1, 0.15) is 16.6 Å². The molecule has 2 aromatic heterocycles. The summed E-state index contributed by atoms with van der Waals surface area (Å²) in [5, 5.41) is 15.5. The molecule has 0 saturated heterocycles. The fourth-order valence-electron chi connectivity index (χ4n) is 2.46. The van der Waals surface area contributed by atoms with Crippen LogP contribution in [0.1, 0.15) is 35.1 Å². The van der Waals surface area contributed by atoms with Crippen LogP contribution >= 0.6 is 11.3 Å². The molecule has 0 aliphatic carbocycles. The average molecular weight is 383 g/mol. The van der Waals surface area contributed by atoms with Crippen LogP contribution in [0.15, 0.2) is 42.6 Å². The van der Waals surface area contributed by atoms with Gasteiger partial charge in [0.05, 0.1) is 18.4 Å². The van der Waals surface area contributed by atoms with Crippen LogP contribution in [0.5, 0.6) is 5.75 Å². The zero-order valence-electron chi connectivity index (χ0n) is 15.2. The van der Waals surface area contributed by atoms with Crippen LogP contribution in [0.25, 0.3) is 0 Å². The molecule has 140 valence electrons. The van der Waals surface area contributed by atoms with Gasteiger partial charge in [-0.25, -0.2) is 4.98 Å². The maximum Gasteiger partial charge on any atom is 0.261 e. The van der Waals surface area contributed by atoms with Gasteiger partial charge in [-0.15, -0.1) is 10.2 Å². The predicted octanol–water partition coefficient (Wildman–Crippen LogP) is 4.28. The maximum atomic E-state index is 12.7. The van der Waals surface area contributed by atoms with Gasteiger partial charge in [0.25, 0.3) is 5.91 Å². The SMILES string of the molecule is CCCCc1nnc(NC(=O)c2cccnc2Nc2ccccc2OC)s1. The Bertz CT molecular complexity index is 912. The largest absolute Gasteiger partial charge is 0.495 e. The first-order valence-electron chi connectivity index (χ1n) is 8.70. The van der Waals surface area contributed by atoms with E-state index in [1.165, 1.54) is 11.3 Å². The van der Waals surface area contributed by atoms with Crippen molar-refractivity contribution in [3.8, 4) is 5.75 Å². The van der Waals surface area contributed by atoms with Gasteiger partial charge in [-0.3, -0.25) is 10.1 Å². The van der Waals surface area contributed by atoms with Crippen molar-refractivity contribution in [3.63, 3.8) is 0 Å². The van der Waals surface area contributed by atoms with E-state index in [0.29, 0.717) is 22.3 Å². The van der Waals surface area contributed by atoms with Gasteiger partial charge < -0.3 is 10.1 Å². The fourth-order valence-corrected chi connectivity index (χ4v) is 3.24. The van der Waals surface area contributed by atoms with Crippen molar-refractivity contribution in [2.45, 2.75) is 26.2 Å². The molecule has 0 aliphatic heterocycles. The monoisotopic (exact) mass is 383 g/mol. The molecule has 0 fully saturated rings. The number of nitrogens with zero attached hydrogens (tertiary/aromatic N) is 3. The molecule has 3 rings (SSSR count). The van der Waals surface area contributed by atoms with E-state index in [1.54, 1.807) is 25.4 Å². The number of methoxy groups -OCH3 is 1. The van der Waals surface area contributed by atoms with Crippen LogP contribution in [0.3, 0.4) is 0 Å². The molecule has 3 aromatic rings. The zero-order valence-corrected chi connectivity index (χ0v) is 16.0. The van der Waals surface area contributed by atoms with Crippen molar-refractivity contribution in [2.75, 3.05) is 17.7 Å². The zero-order chi connectivity index (χ0) is 19.1. The van der Waals surface area contributed by atoms with Crippen LogP contribution in [0.4, 0.5) is 16.6 Å². The molecule has 1 amide bonds. The van der Waals surface area contributed by atoms with Crippen LogP contribution in [0, 0.1) is 0 Å². The van der Waals surface area contributed by atoms with Crippen molar-refractivity contribution >= 4 is 33.9 Å². The third-order valence-corrected chi connectivity index (χ3v) is 4.74. The maximum absolute atomic E-state index is 12.7. The Labute approximate surface area is 161 Å². The lowest BCUT2D eigenvalue weighted by atomic mass is 10.2. The number of anilines is 3. The molecule has 0 atom stereocenters. The first kappa shape index (κ1) is 18.8. The van der Waals surface area contributed by atoms with Crippen LogP contribution in [-0.2, 0) is 6.42 Å². The molecule has 2 heterocycles. The molecule has 0 bridgehead atoms. The van der Waals surface area contributed by atoms with Gasteiger partial charge >= 0.3 is 0 Å². The number of aromatic nitrogens is 3. The molecular formula is C19H21N5O2S. The Morgan fingerprint density at radius 1 is 1.19 bits per heavy atom. The van der Waals surface area contributed by atoms with Gasteiger partial charge in [-0.05, 0) is 30.7 Å². The van der Waals surface area contributed by atoms with Gasteiger partial charge in [-0.1, -0.05) is 36.8 Å². The Hall–Kier alpha value is -3.00. The molecule has 0 spiro atoms. The lowest BCUT2D eigenvalue weighted by Gasteiger charge is -2.12. The van der Waals surface area contributed by atoms with Gasteiger partial charge in [0.2, 0.25) is 5.13 Å². The van der Waals surface area contributed by atoms with E-state index in [4.69, 9.17) is 4.74 Å². The summed E-state index contributed by atoms with van der Waals surface area (Å²) in [7, 11) is 1.60. The smallest absolute Gasteiger partial charge is 0.261 e. The second kappa shape index (κ2) is 9.09. The first-order chi connectivity index (χ1) is 13.2. The lowest BCUT2D eigenvalue weighted by molar-refractivity contribution is 0.102. The standard InChI is InChI=1S/C19H21N5O2S/c1-3-4-11-16-23-24-19(27-16)22-18(25)13-8-7-12-20-17(13)21-14-9-5-6-10-15(14)26-2/h5-10,12H,3-4,11H2,1-2H3,(H,20,21)(H,22,24,25). The van der Waals surface area contributed by atoms with E-state index in [0.717, 1.165) is 30.0 Å². The summed E-state index contributed by atoms with van der Waals surface area (Å²) in [6, 6.07) is 10.9. The quantitative estimate of drug-likeness (QED) is 0.603. The number of para-hydroxylation sites is 2. The summed E-state index contributed by atoms with van der Waals surface area (Å²) < 4.78 is 5.34. The third kappa shape index (κ3) is 4.79. The minimum absolute atomic E-state index is 0.293. The number of pyridine rings is 1. The topological polar surface area (TPSA) is 89.0 Å². The first-order valence-corrected chi connectivity index (χ1v) is 9.51. The number of aryl methyl sites for hydroxylation is 1. The van der Waals surface area contributed by atoms with Gasteiger partial charge in [0, 0.05) is 12.6 Å². The summed E-state index contributed by atoms with van der Waals surface area (Å²) in [5.74, 6) is 0.813. The molecule has 0 saturated carbocycles. The van der Waals surface area contributed by atoms with E-state index >= 15 is 0 Å². The molecule has 0 unspecified atom stereocenters. The number of hydrogen-bond donors (Lipinski definition) is 2. The predicted molar refractivity (Wildman–Crippen MR) is 107 cm³/mol. The summed E-state index contributed by atoms with van der Waals surface area (Å²) in [6.45, 7) is 2.13. The number of amides is 1. The Kier molecular flexibility index (Phi) is 6.32. The number of unbranched alkanes of at least 4 members (excludes halogenated alkanes) is 1. The van der Waals surface area contributed by atoms with Crippen LogP contribution in [-0.4, -0.2) is 28.2 Å². The minimum atomic E-state index is -0.293. The van der Waals surface area contributed by atoms with Crippen molar-refractivity contribution < 1.29 is 9.53 Å². The van der Waals surface area contributed by atoms with E-state index in [2.05, 4.69) is 32.7 Å². The summed E-state index contributed by atoms with van der Waals surface area (Å²) >= 11 is 1.40. The Morgan fingerprint density at radius 3 is 2.85 bits per heavy atom. The molecule has 1 aromatic carbocycles. The number of nitrogens with one attached hydrogen (secondary N) is 2. The second-order valence-electron chi connectivity index (χ2n) is 5.78. The van der Waals surface area contributed by atoms with E-state index in [9.17, 15) is 4.79 Å². The highest BCUT2D eigenvalue weighted by molar-refractivity contribution is 7.15. The highest BCUT2D eigenvalue weighted by Crippen LogP contribution is 2.28. The molecule has 0 aliphatic rings. The average Bonchev–Trinajstić information content (AvgIpc) is 3.14. The van der Waals surface area contributed by atoms with Crippen molar-refractivity contribution in [2.24, 2.45) is 0 Å². The van der Waals surface area contributed by atoms with Gasteiger partial charge in [0.15, 0.2) is 0 Å². The number of hydrogen-bond acceptors (Lipinski definition) is 7. The second-order valence-corrected chi connectivity index (χ2v) is 6.85. The molecular weight excluding hydrogens is 362 g/mol. The summed E-state index contributed by atoms with van der Waals surface area (Å²) in [5.41, 5.74) is 1.14. The molecule has 8 heteroatoms. The number of benzene rings is 1. The molecule has 2 N–H and O–H groups in total. The normalized spacial score (nSPS) is 10.4. The van der Waals surface area contributed by atoms with Crippen LogP contribution < -0.4 is 15.4 Å². The van der Waals surface area contributed by atoms with Crippen molar-refractivity contribution in [1.82, 2.24) is 15.2 Å². The summed E-state index contributed by atoms with van der Waals surface area (Å²) in [4.78, 5) is 17.0. The number of carbonyl (C=O) groups excluding carboxylic acids is 1. The highest BCUT2D eigenvalue weighted by atomic mass is 32.1. The fraction of sp³-hybridized carbons (Fsp3) is 0.263. The lowest BCUT2D eigenvalue weighted by Crippen LogP contribution is -2.14. The van der Waals surface area contributed by atoms with Crippen LogP contribution in [0.2, 0.25) is 0 Å². The number of carbonyl (C=O) groups is 1. The molecule has 7 nitrogen and oxygen atoms in total. The number of ether oxygens (including phenoxy) is 1. The summed E-state index contributed by atoms with van der Waals surface area (Å²) in [6.07, 6.45) is 4.65.